The number of aliphatic hydroxyl groups excluding tert-OH is 2. The number of carbonyl (C=O) groups is 13. The van der Waals surface area contributed by atoms with E-state index in [0.717, 1.165) is 24.6 Å². The van der Waals surface area contributed by atoms with Gasteiger partial charge in [0, 0.05) is 31.6 Å². The third-order valence-electron chi connectivity index (χ3n) is 14.9. The van der Waals surface area contributed by atoms with Gasteiger partial charge in [-0.1, -0.05) is 42.5 Å². The third kappa shape index (κ3) is 34.6. The number of hydrogen-bond donors (Lipinski definition) is 22. The summed E-state index contributed by atoms with van der Waals surface area (Å²) in [6.07, 6.45) is -0.245. The maximum Gasteiger partial charge on any atom is 0.269 e. The summed E-state index contributed by atoms with van der Waals surface area (Å²) in [5.41, 5.74) is 45.3. The number of nitro benzene ring substituents is 1. The fraction of sp³-hybridized carbons (Fsp3) is 0.557. The number of unbranched alkanes of at least 4 members (excludes halogenated alkanes) is 2. The lowest BCUT2D eigenvalue weighted by atomic mass is 10.0. The van der Waals surface area contributed by atoms with Gasteiger partial charge in [0.2, 0.25) is 76.8 Å². The number of nitrogens with zero attached hydrogens (tertiary/aromatic N) is 3. The molecular formula is C61H99N23O17. The first-order valence-electron chi connectivity index (χ1n) is 32.5. The van der Waals surface area contributed by atoms with Crippen LogP contribution in [0, 0.1) is 10.1 Å². The van der Waals surface area contributed by atoms with Crippen LogP contribution in [0.25, 0.3) is 0 Å². The van der Waals surface area contributed by atoms with E-state index in [-0.39, 0.29) is 101 Å². The van der Waals surface area contributed by atoms with E-state index in [1.807, 2.05) is 0 Å². The number of benzene rings is 2. The van der Waals surface area contributed by atoms with Crippen LogP contribution in [0.4, 0.5) is 5.69 Å². The van der Waals surface area contributed by atoms with Crippen molar-refractivity contribution < 1.29 is 77.5 Å². The SMILES string of the molecule is C[C@H](NC(=O)CNC(=O)[C@@H](NC(=O)[C@H](Cc1ccc([N+](=O)[O-])cc1)NC(=O)CNC(=O)CNC(=O)[C@@H](N)Cc1ccccc1)[C@@H](C)O)C(=O)N[C@@H](CCCN=C(N)N)C(=O)N[C@@H](CCCCN)C(=O)N[C@@H](CO)C(=O)N[C@@H](C)C(=O)N[C@@H](CCCN=C(N)N)C(=O)N[C@@H](CCCCN)C(N)=O. The number of nitrogens with one attached hydrogen (secondary N) is 12. The van der Waals surface area contributed by atoms with Gasteiger partial charge in [0.1, 0.15) is 54.4 Å². The van der Waals surface area contributed by atoms with Gasteiger partial charge in [-0.2, -0.15) is 0 Å². The van der Waals surface area contributed by atoms with Crippen molar-refractivity contribution in [1.82, 2.24) is 63.8 Å². The summed E-state index contributed by atoms with van der Waals surface area (Å²) in [6, 6.07) is -0.669. The van der Waals surface area contributed by atoms with E-state index < -0.39 is 174 Å². The van der Waals surface area contributed by atoms with E-state index in [1.54, 1.807) is 30.3 Å². The minimum atomic E-state index is -1.82. The van der Waals surface area contributed by atoms with E-state index in [4.69, 9.17) is 45.9 Å². The minimum Gasteiger partial charge on any atom is -0.394 e. The second-order valence-electron chi connectivity index (χ2n) is 23.4. The van der Waals surface area contributed by atoms with Gasteiger partial charge in [-0.25, -0.2) is 0 Å². The summed E-state index contributed by atoms with van der Waals surface area (Å²) in [6.45, 7) is 0.853. The first kappa shape index (κ1) is 86.4. The minimum absolute atomic E-state index is 0.0460. The van der Waals surface area contributed by atoms with Crippen LogP contribution < -0.4 is 110 Å². The molecule has 11 atom stereocenters. The van der Waals surface area contributed by atoms with Crippen LogP contribution in [-0.4, -0.2) is 223 Å². The Labute approximate surface area is 582 Å². The number of aliphatic hydroxyl groups is 2. The normalized spacial score (nSPS) is 14.1. The summed E-state index contributed by atoms with van der Waals surface area (Å²) >= 11 is 0. The van der Waals surface area contributed by atoms with Crippen LogP contribution in [0.3, 0.4) is 0 Å². The van der Waals surface area contributed by atoms with Crippen molar-refractivity contribution in [2.75, 3.05) is 52.4 Å². The summed E-state index contributed by atoms with van der Waals surface area (Å²) < 4.78 is 0. The van der Waals surface area contributed by atoms with Gasteiger partial charge in [-0.15, -0.1) is 0 Å². The average molecular weight is 1430 g/mol. The monoisotopic (exact) mass is 1430 g/mol. The molecule has 0 aromatic heterocycles. The molecule has 30 N–H and O–H groups in total. The molecule has 40 heteroatoms. The fourth-order valence-corrected chi connectivity index (χ4v) is 9.31. The molecule has 0 heterocycles. The Balaban J connectivity index is 2.22. The number of carbonyl (C=O) groups excluding carboxylic acids is 13. The molecule has 2 rings (SSSR count). The molecule has 0 aliphatic carbocycles. The molecular weight excluding hydrogens is 1330 g/mol. The molecule has 560 valence electrons. The number of guanidine groups is 2. The van der Waals surface area contributed by atoms with Crippen LogP contribution in [0.15, 0.2) is 64.6 Å². The first-order valence-corrected chi connectivity index (χ1v) is 32.5. The van der Waals surface area contributed by atoms with Gasteiger partial charge in [-0.3, -0.25) is 82.4 Å². The second kappa shape index (κ2) is 46.5. The number of amides is 13. The third-order valence-corrected chi connectivity index (χ3v) is 14.9. The standard InChI is InChI=1S/C61H99N23O17/c1-33(75-47(88)31-74-59(99)49(35(3)86)83-57(97)44(28-37-19-21-38(22-20-37)84(100)101)77-48(89)30-72-46(87)29-73-53(93)39(64)27-36-13-5-4-6-14-36)51(91)79-43(18-12-26-71-61(68)69)55(95)81-41(16-8-10-24-63)56(96)82-45(32-85)58(98)76-34(2)52(92)80-42(17-11-25-70-60(66)67)54(94)78-40(50(65)90)15-7-9-23-62/h4-6,13-14,19-22,33-35,39-45,49,85-86H,7-12,15-18,23-32,62-64H2,1-3H3,(H2,65,90)(H,72,87)(H,73,93)(H,74,99)(H,75,88)(H,76,98)(H,77,89)(H,78,94)(H,79,91)(H,80,92)(H,81,95)(H,82,96)(H,83,97)(H4,66,67,70)(H4,68,69,71)/t33-,34-,35+,39-,40-,41-,42-,43-,44-,45-,49-/m0/s1. The molecule has 0 unspecified atom stereocenters. The highest BCUT2D eigenvalue weighted by molar-refractivity contribution is 5.99. The smallest absolute Gasteiger partial charge is 0.269 e. The van der Waals surface area contributed by atoms with Crippen LogP contribution >= 0.6 is 0 Å². The molecule has 0 aliphatic heterocycles. The fourth-order valence-electron chi connectivity index (χ4n) is 9.31. The summed E-state index contributed by atoms with van der Waals surface area (Å²) in [7, 11) is 0. The Kier molecular flexibility index (Phi) is 39.8. The van der Waals surface area contributed by atoms with Crippen LogP contribution in [0.1, 0.15) is 96.1 Å². The zero-order chi connectivity index (χ0) is 75.7. The van der Waals surface area contributed by atoms with Crippen molar-refractivity contribution in [1.29, 1.82) is 0 Å². The van der Waals surface area contributed by atoms with Crippen molar-refractivity contribution in [3.05, 3.63) is 75.8 Å². The van der Waals surface area contributed by atoms with E-state index in [0.29, 0.717) is 25.8 Å². The van der Waals surface area contributed by atoms with E-state index >= 15 is 0 Å². The van der Waals surface area contributed by atoms with Crippen molar-refractivity contribution in [3.8, 4) is 0 Å². The molecule has 0 bridgehead atoms. The van der Waals surface area contributed by atoms with Gasteiger partial charge in [-0.05, 0) is 116 Å². The largest absolute Gasteiger partial charge is 0.394 e. The zero-order valence-corrected chi connectivity index (χ0v) is 56.7. The number of non-ortho nitro benzene ring substituents is 1. The predicted octanol–water partition coefficient (Wildman–Crippen LogP) is -9.32. The number of rotatable bonds is 48. The highest BCUT2D eigenvalue weighted by Crippen LogP contribution is 2.15. The number of nitrogens with two attached hydrogens (primary N) is 8. The number of primary amides is 1. The van der Waals surface area contributed by atoms with Crippen molar-refractivity contribution >= 4 is 94.4 Å². The topological polar surface area (TPSA) is 683 Å². The zero-order valence-electron chi connectivity index (χ0n) is 56.7. The van der Waals surface area contributed by atoms with Gasteiger partial charge >= 0.3 is 0 Å². The van der Waals surface area contributed by atoms with E-state index in [2.05, 4.69) is 73.8 Å². The Morgan fingerprint density at radius 1 is 0.455 bits per heavy atom. The van der Waals surface area contributed by atoms with Crippen LogP contribution in [-0.2, 0) is 75.2 Å². The van der Waals surface area contributed by atoms with Crippen LogP contribution in [0.5, 0.6) is 0 Å². The Morgan fingerprint density at radius 3 is 1.36 bits per heavy atom. The molecule has 40 nitrogen and oxygen atoms in total. The molecule has 0 aliphatic rings. The first-order chi connectivity index (χ1) is 47.8. The van der Waals surface area contributed by atoms with Gasteiger partial charge in [0.05, 0.1) is 43.3 Å². The highest BCUT2D eigenvalue weighted by Gasteiger charge is 2.35. The molecule has 0 fully saturated rings. The van der Waals surface area contributed by atoms with Crippen molar-refractivity contribution in [2.45, 2.75) is 164 Å². The molecule has 2 aromatic carbocycles. The highest BCUT2D eigenvalue weighted by atomic mass is 16.6. The maximum atomic E-state index is 14.1. The Bertz CT molecular complexity index is 3150. The van der Waals surface area contributed by atoms with Crippen molar-refractivity contribution in [3.63, 3.8) is 0 Å². The predicted molar refractivity (Wildman–Crippen MR) is 366 cm³/mol. The van der Waals surface area contributed by atoms with Gasteiger partial charge < -0.3 is 120 Å². The summed E-state index contributed by atoms with van der Waals surface area (Å²) in [5, 5.41) is 61.0. The number of aliphatic imine (C=N–C) groups is 2. The molecule has 0 radical (unpaired) electrons. The molecule has 13 amide bonds. The quantitative estimate of drug-likeness (QED) is 0.00962. The number of nitro groups is 1. The van der Waals surface area contributed by atoms with E-state index in [9.17, 15) is 82.7 Å². The summed E-state index contributed by atoms with van der Waals surface area (Å²) in [4.78, 5) is 192. The van der Waals surface area contributed by atoms with Gasteiger partial charge in [0.15, 0.2) is 11.9 Å². The molecule has 2 aromatic rings. The Hall–Kier alpha value is -10.7. The second-order valence-corrected chi connectivity index (χ2v) is 23.4. The lowest BCUT2D eigenvalue weighted by Gasteiger charge is -2.26. The average Bonchev–Trinajstić information content (AvgIpc) is 0.886. The molecule has 0 saturated heterocycles. The summed E-state index contributed by atoms with van der Waals surface area (Å²) in [5.74, 6) is -12.7. The molecule has 0 saturated carbocycles. The molecule has 0 spiro atoms. The lowest BCUT2D eigenvalue weighted by Crippen LogP contribution is -2.60. The maximum absolute atomic E-state index is 14.1. The van der Waals surface area contributed by atoms with Crippen LogP contribution in [0.2, 0.25) is 0 Å². The van der Waals surface area contributed by atoms with E-state index in [1.165, 1.54) is 26.0 Å². The lowest BCUT2D eigenvalue weighted by molar-refractivity contribution is -0.384. The Morgan fingerprint density at radius 2 is 0.871 bits per heavy atom. The number of hydrogen-bond acceptors (Lipinski definition) is 22. The van der Waals surface area contributed by atoms with Crippen molar-refractivity contribution in [2.24, 2.45) is 55.9 Å². The van der Waals surface area contributed by atoms with Gasteiger partial charge in [0.25, 0.3) is 5.69 Å². The molecule has 101 heavy (non-hydrogen) atoms.